The predicted octanol–water partition coefficient (Wildman–Crippen LogP) is 1.88. The van der Waals surface area contributed by atoms with Gasteiger partial charge in [0.2, 0.25) is 0 Å². The highest BCUT2D eigenvalue weighted by Gasteiger charge is 2.13. The largest absolute Gasteiger partial charge is 0.355 e. The van der Waals surface area contributed by atoms with Crippen LogP contribution in [0.25, 0.3) is 0 Å². The van der Waals surface area contributed by atoms with Crippen molar-refractivity contribution in [3.63, 3.8) is 0 Å². The fraction of sp³-hybridized carbons (Fsp3) is 0.364. The van der Waals surface area contributed by atoms with E-state index in [1.807, 2.05) is 18.2 Å². The molecule has 3 heteroatoms. The molecule has 0 spiro atoms. The van der Waals surface area contributed by atoms with Crippen LogP contribution >= 0.6 is 0 Å². The second-order valence-electron chi connectivity index (χ2n) is 2.89. The molecule has 0 aromatic heterocycles. The standard InChI is InChI=1S/C11H14O3/c1-13-11(14-2)8-10(12)9-6-4-3-5-7-9/h3-7,11H,8H2,1-2H3. The Labute approximate surface area is 83.6 Å². The number of Topliss-reactive ketones (excluding diaryl/α,β-unsaturated/α-hetero) is 1. The maximum atomic E-state index is 11.6. The van der Waals surface area contributed by atoms with E-state index in [1.165, 1.54) is 14.2 Å². The molecule has 0 aliphatic carbocycles. The lowest BCUT2D eigenvalue weighted by molar-refractivity contribution is -0.0993. The SMILES string of the molecule is COC(CC(=O)c1ccccc1)OC. The van der Waals surface area contributed by atoms with Gasteiger partial charge < -0.3 is 9.47 Å². The van der Waals surface area contributed by atoms with E-state index in [4.69, 9.17) is 9.47 Å². The van der Waals surface area contributed by atoms with Crippen LogP contribution in [0.3, 0.4) is 0 Å². The van der Waals surface area contributed by atoms with Crippen molar-refractivity contribution in [1.29, 1.82) is 0 Å². The van der Waals surface area contributed by atoms with Crippen LogP contribution in [0, 0.1) is 0 Å². The molecule has 3 nitrogen and oxygen atoms in total. The minimum Gasteiger partial charge on any atom is -0.355 e. The highest BCUT2D eigenvalue weighted by atomic mass is 16.7. The van der Waals surface area contributed by atoms with E-state index in [0.29, 0.717) is 5.56 Å². The van der Waals surface area contributed by atoms with Crippen molar-refractivity contribution in [3.05, 3.63) is 35.9 Å². The summed E-state index contributed by atoms with van der Waals surface area (Å²) in [6.07, 6.45) is -0.209. The zero-order valence-electron chi connectivity index (χ0n) is 8.40. The lowest BCUT2D eigenvalue weighted by atomic mass is 10.1. The van der Waals surface area contributed by atoms with E-state index in [9.17, 15) is 4.79 Å². The van der Waals surface area contributed by atoms with Gasteiger partial charge in [0, 0.05) is 19.8 Å². The molecule has 0 heterocycles. The maximum Gasteiger partial charge on any atom is 0.167 e. The van der Waals surface area contributed by atoms with E-state index in [2.05, 4.69) is 0 Å². The Morgan fingerprint density at radius 3 is 2.29 bits per heavy atom. The molecule has 1 aromatic carbocycles. The molecular formula is C11H14O3. The van der Waals surface area contributed by atoms with Crippen LogP contribution < -0.4 is 0 Å². The van der Waals surface area contributed by atoms with Gasteiger partial charge in [0.05, 0.1) is 6.42 Å². The highest BCUT2D eigenvalue weighted by Crippen LogP contribution is 2.07. The van der Waals surface area contributed by atoms with E-state index in [1.54, 1.807) is 12.1 Å². The predicted molar refractivity (Wildman–Crippen MR) is 53.2 cm³/mol. The van der Waals surface area contributed by atoms with Crippen molar-refractivity contribution in [2.45, 2.75) is 12.7 Å². The van der Waals surface area contributed by atoms with Gasteiger partial charge in [-0.3, -0.25) is 4.79 Å². The molecular weight excluding hydrogens is 180 g/mol. The minimum absolute atomic E-state index is 0.0271. The second-order valence-corrected chi connectivity index (χ2v) is 2.89. The van der Waals surface area contributed by atoms with Gasteiger partial charge in [-0.1, -0.05) is 30.3 Å². The number of rotatable bonds is 5. The van der Waals surface area contributed by atoms with Crippen molar-refractivity contribution < 1.29 is 14.3 Å². The smallest absolute Gasteiger partial charge is 0.167 e. The zero-order chi connectivity index (χ0) is 10.4. The fourth-order valence-electron chi connectivity index (χ4n) is 1.16. The Morgan fingerprint density at radius 1 is 1.21 bits per heavy atom. The van der Waals surface area contributed by atoms with Gasteiger partial charge in [-0.25, -0.2) is 0 Å². The van der Waals surface area contributed by atoms with Crippen LogP contribution in [0.1, 0.15) is 16.8 Å². The van der Waals surface area contributed by atoms with Crippen molar-refractivity contribution in [3.8, 4) is 0 Å². The van der Waals surface area contributed by atoms with Crippen LogP contribution in [-0.4, -0.2) is 26.3 Å². The molecule has 76 valence electrons. The molecule has 1 aromatic rings. The van der Waals surface area contributed by atoms with Gasteiger partial charge in [-0.2, -0.15) is 0 Å². The van der Waals surface area contributed by atoms with Gasteiger partial charge in [-0.15, -0.1) is 0 Å². The summed E-state index contributed by atoms with van der Waals surface area (Å²) < 4.78 is 9.90. The Kier molecular flexibility index (Phi) is 4.29. The highest BCUT2D eigenvalue weighted by molar-refractivity contribution is 5.96. The first-order valence-electron chi connectivity index (χ1n) is 4.41. The minimum atomic E-state index is -0.456. The van der Waals surface area contributed by atoms with Crippen LogP contribution in [0.15, 0.2) is 30.3 Å². The number of methoxy groups -OCH3 is 2. The van der Waals surface area contributed by atoms with Crippen molar-refractivity contribution in [2.24, 2.45) is 0 Å². The van der Waals surface area contributed by atoms with Crippen LogP contribution in [0.5, 0.6) is 0 Å². The van der Waals surface area contributed by atoms with Gasteiger partial charge in [0.1, 0.15) is 0 Å². The number of carbonyl (C=O) groups excluding carboxylic acids is 1. The lowest BCUT2D eigenvalue weighted by Crippen LogP contribution is -2.18. The molecule has 0 amide bonds. The van der Waals surface area contributed by atoms with Gasteiger partial charge in [0.15, 0.2) is 12.1 Å². The molecule has 0 N–H and O–H groups in total. The van der Waals surface area contributed by atoms with E-state index in [-0.39, 0.29) is 12.2 Å². The van der Waals surface area contributed by atoms with Crippen LogP contribution in [0.2, 0.25) is 0 Å². The number of hydrogen-bond acceptors (Lipinski definition) is 3. The molecule has 0 fully saturated rings. The molecule has 1 rings (SSSR count). The topological polar surface area (TPSA) is 35.5 Å². The number of benzene rings is 1. The Bertz CT molecular complexity index is 278. The average molecular weight is 194 g/mol. The number of ketones is 1. The molecule has 0 radical (unpaired) electrons. The second kappa shape index (κ2) is 5.52. The van der Waals surface area contributed by atoms with Gasteiger partial charge in [0.25, 0.3) is 0 Å². The summed E-state index contributed by atoms with van der Waals surface area (Å²) >= 11 is 0. The number of ether oxygens (including phenoxy) is 2. The van der Waals surface area contributed by atoms with Crippen molar-refractivity contribution >= 4 is 5.78 Å². The maximum absolute atomic E-state index is 11.6. The van der Waals surface area contributed by atoms with E-state index in [0.717, 1.165) is 0 Å². The Morgan fingerprint density at radius 2 is 1.79 bits per heavy atom. The monoisotopic (exact) mass is 194 g/mol. The summed E-state index contributed by atoms with van der Waals surface area (Å²) in [5.74, 6) is 0.0271. The van der Waals surface area contributed by atoms with Gasteiger partial charge in [-0.05, 0) is 0 Å². The van der Waals surface area contributed by atoms with Crippen molar-refractivity contribution in [2.75, 3.05) is 14.2 Å². The number of hydrogen-bond donors (Lipinski definition) is 0. The molecule has 0 bridgehead atoms. The quantitative estimate of drug-likeness (QED) is 0.530. The first-order valence-corrected chi connectivity index (χ1v) is 4.41. The normalized spacial score (nSPS) is 10.5. The summed E-state index contributed by atoms with van der Waals surface area (Å²) in [7, 11) is 3.04. The third-order valence-electron chi connectivity index (χ3n) is 1.97. The summed E-state index contributed by atoms with van der Waals surface area (Å²) in [5.41, 5.74) is 0.687. The van der Waals surface area contributed by atoms with Crippen LogP contribution in [0.4, 0.5) is 0 Å². The summed E-state index contributed by atoms with van der Waals surface area (Å²) in [6, 6.07) is 9.11. The average Bonchev–Trinajstić information content (AvgIpc) is 2.26. The Balaban J connectivity index is 2.59. The third kappa shape index (κ3) is 2.94. The zero-order valence-corrected chi connectivity index (χ0v) is 8.40. The lowest BCUT2D eigenvalue weighted by Gasteiger charge is -2.11. The first kappa shape index (κ1) is 10.9. The molecule has 0 saturated carbocycles. The number of carbonyl (C=O) groups is 1. The molecule has 0 aliphatic rings. The molecule has 0 aliphatic heterocycles. The van der Waals surface area contributed by atoms with Gasteiger partial charge >= 0.3 is 0 Å². The molecule has 14 heavy (non-hydrogen) atoms. The van der Waals surface area contributed by atoms with E-state index >= 15 is 0 Å². The summed E-state index contributed by atoms with van der Waals surface area (Å²) in [4.78, 5) is 11.6. The van der Waals surface area contributed by atoms with Crippen LogP contribution in [-0.2, 0) is 9.47 Å². The molecule has 0 atom stereocenters. The summed E-state index contributed by atoms with van der Waals surface area (Å²) in [5, 5.41) is 0. The first-order chi connectivity index (χ1) is 6.77. The summed E-state index contributed by atoms with van der Waals surface area (Å²) in [6.45, 7) is 0. The molecule has 0 saturated heterocycles. The van der Waals surface area contributed by atoms with E-state index < -0.39 is 6.29 Å². The molecule has 0 unspecified atom stereocenters. The van der Waals surface area contributed by atoms with Crippen molar-refractivity contribution in [1.82, 2.24) is 0 Å². The third-order valence-corrected chi connectivity index (χ3v) is 1.97. The fourth-order valence-corrected chi connectivity index (χ4v) is 1.16. The Hall–Kier alpha value is -1.19.